The van der Waals surface area contributed by atoms with Crippen molar-refractivity contribution in [2.45, 2.75) is 32.1 Å². The van der Waals surface area contributed by atoms with Gasteiger partial charge >= 0.3 is 0 Å². The molecule has 4 fully saturated rings. The van der Waals surface area contributed by atoms with Gasteiger partial charge in [0.05, 0.1) is 16.8 Å². The zero-order valence-electron chi connectivity index (χ0n) is 17.6. The Morgan fingerprint density at radius 3 is 2.69 bits per heavy atom. The summed E-state index contributed by atoms with van der Waals surface area (Å²) < 4.78 is 13.6. The van der Waals surface area contributed by atoms with Crippen molar-refractivity contribution in [3.05, 3.63) is 54.3 Å². The third-order valence-electron chi connectivity index (χ3n) is 9.09. The van der Waals surface area contributed by atoms with Crippen molar-refractivity contribution in [2.75, 3.05) is 5.32 Å². The lowest BCUT2D eigenvalue weighted by Gasteiger charge is -2.71. The fraction of sp³-hybridized carbons (Fsp3) is 0.385. The molecule has 32 heavy (non-hydrogen) atoms. The zero-order chi connectivity index (χ0) is 21.7. The lowest BCUT2D eigenvalue weighted by molar-refractivity contribution is -0.233. The number of phenols is 1. The maximum absolute atomic E-state index is 13.6. The van der Waals surface area contributed by atoms with Crippen molar-refractivity contribution in [2.24, 2.45) is 28.6 Å². The molecule has 0 radical (unpaired) electrons. The van der Waals surface area contributed by atoms with E-state index < -0.39 is 5.82 Å². The second-order valence-electron chi connectivity index (χ2n) is 10.3. The first-order chi connectivity index (χ1) is 15.5. The molecular formula is C26H24FN3O2. The maximum atomic E-state index is 13.6. The molecule has 162 valence electrons. The molecule has 3 N–H and O–H groups in total. The van der Waals surface area contributed by atoms with Gasteiger partial charge in [-0.3, -0.25) is 9.89 Å². The Kier molecular flexibility index (Phi) is 3.45. The molecule has 4 aliphatic rings. The summed E-state index contributed by atoms with van der Waals surface area (Å²) in [4.78, 5) is 13.3. The molecule has 7 rings (SSSR count). The van der Waals surface area contributed by atoms with E-state index >= 15 is 0 Å². The van der Waals surface area contributed by atoms with Crippen LogP contribution in [-0.2, 0) is 4.79 Å². The SMILES string of the molecule is O=C(Nc1ccc(-c2cc(-c3cc(F)ccc3O)n[nH]2)cc1)C12CC3CC4CC(C1)C42C3. The first-order valence-electron chi connectivity index (χ1n) is 11.4. The largest absolute Gasteiger partial charge is 0.507 e. The summed E-state index contributed by atoms with van der Waals surface area (Å²) in [7, 11) is 0. The zero-order valence-corrected chi connectivity index (χ0v) is 17.6. The summed E-state index contributed by atoms with van der Waals surface area (Å²) in [6, 6.07) is 13.3. The van der Waals surface area contributed by atoms with Gasteiger partial charge in [-0.15, -0.1) is 0 Å². The molecule has 5 unspecified atom stereocenters. The molecule has 2 bridgehead atoms. The number of phenolic OH excluding ortho intramolecular Hbond substituents is 1. The predicted molar refractivity (Wildman–Crippen MR) is 118 cm³/mol. The van der Waals surface area contributed by atoms with Crippen molar-refractivity contribution in [1.82, 2.24) is 10.2 Å². The quantitative estimate of drug-likeness (QED) is 0.523. The van der Waals surface area contributed by atoms with Gasteiger partial charge in [0.25, 0.3) is 0 Å². The molecule has 0 saturated heterocycles. The number of carbonyl (C=O) groups is 1. The number of benzene rings is 2. The molecular weight excluding hydrogens is 405 g/mol. The van der Waals surface area contributed by atoms with E-state index in [0.717, 1.165) is 47.5 Å². The van der Waals surface area contributed by atoms with Gasteiger partial charge < -0.3 is 10.4 Å². The predicted octanol–water partition coefficient (Wildman–Crippen LogP) is 5.35. The van der Waals surface area contributed by atoms with Crippen molar-refractivity contribution >= 4 is 11.6 Å². The summed E-state index contributed by atoms with van der Waals surface area (Å²) in [5, 5.41) is 20.4. The van der Waals surface area contributed by atoms with Gasteiger partial charge in [-0.25, -0.2) is 4.39 Å². The van der Waals surface area contributed by atoms with Gasteiger partial charge in [0, 0.05) is 11.3 Å². The molecule has 1 amide bonds. The van der Waals surface area contributed by atoms with Crippen LogP contribution < -0.4 is 5.32 Å². The minimum atomic E-state index is -0.428. The van der Waals surface area contributed by atoms with Crippen LogP contribution in [0.2, 0.25) is 0 Å². The first-order valence-corrected chi connectivity index (χ1v) is 11.4. The second-order valence-corrected chi connectivity index (χ2v) is 10.3. The third kappa shape index (κ3) is 2.17. The number of hydrogen-bond donors (Lipinski definition) is 3. The lowest BCUT2D eigenvalue weighted by Crippen LogP contribution is -2.70. The molecule has 1 heterocycles. The minimum Gasteiger partial charge on any atom is -0.507 e. The number of rotatable bonds is 4. The van der Waals surface area contributed by atoms with Crippen molar-refractivity contribution in [3.63, 3.8) is 0 Å². The number of aromatic amines is 1. The number of aromatic hydroxyl groups is 1. The van der Waals surface area contributed by atoms with Gasteiger partial charge in [0.1, 0.15) is 11.6 Å². The smallest absolute Gasteiger partial charge is 0.231 e. The number of anilines is 1. The standard InChI is InChI=1S/C26H24FN3O2/c27-18-3-6-23(31)20(9-18)22-10-21(29-30-22)15-1-4-19(5-2-15)28-24(32)25-11-14-7-16-8-17(13-25)26(16,25)12-14/h1-6,9-10,14,16-17,31H,7-8,11-13H2,(H,28,32)(H,29,30). The molecule has 5 nitrogen and oxygen atoms in total. The molecule has 3 aromatic rings. The van der Waals surface area contributed by atoms with Crippen LogP contribution >= 0.6 is 0 Å². The molecule has 4 saturated carbocycles. The first kappa shape index (κ1) is 18.4. The summed E-state index contributed by atoms with van der Waals surface area (Å²) in [5.74, 6) is 2.11. The molecule has 1 spiro atoms. The Labute approximate surface area is 185 Å². The number of hydrogen-bond acceptors (Lipinski definition) is 3. The number of carbonyl (C=O) groups excluding carboxylic acids is 1. The van der Waals surface area contributed by atoms with E-state index in [0.29, 0.717) is 16.7 Å². The number of halogens is 1. The maximum Gasteiger partial charge on any atom is 0.231 e. The average molecular weight is 429 g/mol. The van der Waals surface area contributed by atoms with Crippen LogP contribution in [-0.4, -0.2) is 21.2 Å². The summed E-state index contributed by atoms with van der Waals surface area (Å²) in [6.45, 7) is 0. The van der Waals surface area contributed by atoms with Crippen LogP contribution in [0, 0.1) is 34.4 Å². The molecule has 5 atom stereocenters. The van der Waals surface area contributed by atoms with Crippen LogP contribution in [0.25, 0.3) is 22.5 Å². The molecule has 6 heteroatoms. The van der Waals surface area contributed by atoms with Crippen LogP contribution in [0.4, 0.5) is 10.1 Å². The van der Waals surface area contributed by atoms with Crippen molar-refractivity contribution in [3.8, 4) is 28.3 Å². The number of nitrogens with one attached hydrogen (secondary N) is 2. The Bertz CT molecular complexity index is 1270. The normalized spacial score (nSPS) is 33.3. The van der Waals surface area contributed by atoms with Crippen molar-refractivity contribution in [1.29, 1.82) is 0 Å². The Morgan fingerprint density at radius 1 is 1.06 bits per heavy atom. The highest BCUT2D eigenvalue weighted by Gasteiger charge is 2.82. The summed E-state index contributed by atoms with van der Waals surface area (Å²) in [6.07, 6.45) is 6.12. The van der Waals surface area contributed by atoms with Gasteiger partial charge in [-0.1, -0.05) is 12.1 Å². The fourth-order valence-corrected chi connectivity index (χ4v) is 7.89. The minimum absolute atomic E-state index is 0.0195. The number of fused-ring (bicyclic) bond motifs is 1. The Morgan fingerprint density at radius 2 is 1.91 bits per heavy atom. The van der Waals surface area contributed by atoms with Crippen molar-refractivity contribution < 1.29 is 14.3 Å². The topological polar surface area (TPSA) is 78.0 Å². The van der Waals surface area contributed by atoms with E-state index in [1.165, 1.54) is 37.5 Å². The van der Waals surface area contributed by atoms with E-state index in [4.69, 9.17) is 0 Å². The average Bonchev–Trinajstić information content (AvgIpc) is 3.45. The Balaban J connectivity index is 1.10. The van der Waals surface area contributed by atoms with Gasteiger partial charge in [0.15, 0.2) is 0 Å². The fourth-order valence-electron chi connectivity index (χ4n) is 7.89. The summed E-state index contributed by atoms with van der Waals surface area (Å²) in [5.41, 5.74) is 3.49. The molecule has 4 aliphatic carbocycles. The highest BCUT2D eigenvalue weighted by molar-refractivity contribution is 5.98. The van der Waals surface area contributed by atoms with Gasteiger partial charge in [0.2, 0.25) is 5.91 Å². The van der Waals surface area contributed by atoms with Crippen LogP contribution in [0.15, 0.2) is 48.5 Å². The lowest BCUT2D eigenvalue weighted by atomic mass is 9.32. The number of amides is 1. The second kappa shape index (κ2) is 6.00. The monoisotopic (exact) mass is 429 g/mol. The van der Waals surface area contributed by atoms with Gasteiger partial charge in [-0.2, -0.15) is 5.10 Å². The Hall–Kier alpha value is -3.15. The van der Waals surface area contributed by atoms with E-state index in [1.54, 1.807) is 6.07 Å². The van der Waals surface area contributed by atoms with E-state index in [1.807, 2.05) is 24.3 Å². The van der Waals surface area contributed by atoms with Crippen LogP contribution in [0.3, 0.4) is 0 Å². The third-order valence-corrected chi connectivity index (χ3v) is 9.09. The molecule has 0 aliphatic heterocycles. The molecule has 1 aromatic heterocycles. The highest BCUT2D eigenvalue weighted by Crippen LogP contribution is 2.86. The number of nitrogens with zero attached hydrogens (tertiary/aromatic N) is 1. The van der Waals surface area contributed by atoms with Crippen LogP contribution in [0.5, 0.6) is 5.75 Å². The highest BCUT2D eigenvalue weighted by atomic mass is 19.1. The molecule has 2 aromatic carbocycles. The van der Waals surface area contributed by atoms with E-state index in [9.17, 15) is 14.3 Å². The number of aromatic nitrogens is 2. The van der Waals surface area contributed by atoms with Crippen LogP contribution in [0.1, 0.15) is 32.1 Å². The van der Waals surface area contributed by atoms with E-state index in [2.05, 4.69) is 15.5 Å². The summed E-state index contributed by atoms with van der Waals surface area (Å²) >= 11 is 0. The van der Waals surface area contributed by atoms with E-state index in [-0.39, 0.29) is 17.1 Å². The number of H-pyrrole nitrogens is 1. The van der Waals surface area contributed by atoms with Gasteiger partial charge in [-0.05, 0) is 97.2 Å².